The van der Waals surface area contributed by atoms with E-state index in [1.807, 2.05) is 13.8 Å². The average molecular weight is 489 g/mol. The molecule has 0 bridgehead atoms. The zero-order valence-corrected chi connectivity index (χ0v) is 18.2. The lowest BCUT2D eigenvalue weighted by Gasteiger charge is -2.11. The van der Waals surface area contributed by atoms with Crippen LogP contribution < -0.4 is 16.0 Å². The van der Waals surface area contributed by atoms with Gasteiger partial charge in [-0.1, -0.05) is 6.07 Å². The highest BCUT2D eigenvalue weighted by Crippen LogP contribution is 2.09. The van der Waals surface area contributed by atoms with E-state index in [-0.39, 0.29) is 29.9 Å². The maximum atomic E-state index is 13.5. The third-order valence-corrected chi connectivity index (χ3v) is 3.84. The van der Waals surface area contributed by atoms with Crippen LogP contribution in [0.2, 0.25) is 0 Å². The number of nitrogens with one attached hydrogen (secondary N) is 3. The Morgan fingerprint density at radius 1 is 1.19 bits per heavy atom. The molecular formula is C18H25FIN5O2. The van der Waals surface area contributed by atoms with Crippen molar-refractivity contribution in [3.05, 3.63) is 52.5 Å². The molecule has 0 radical (unpaired) electrons. The Labute approximate surface area is 175 Å². The van der Waals surface area contributed by atoms with E-state index in [1.165, 1.54) is 6.07 Å². The fourth-order valence-corrected chi connectivity index (χ4v) is 2.19. The molecule has 0 fully saturated rings. The van der Waals surface area contributed by atoms with Crippen molar-refractivity contribution < 1.29 is 13.6 Å². The summed E-state index contributed by atoms with van der Waals surface area (Å²) in [5.41, 5.74) is 1.67. The zero-order valence-electron chi connectivity index (χ0n) is 15.9. The molecule has 0 spiro atoms. The first-order valence-corrected chi connectivity index (χ1v) is 8.32. The number of halogens is 2. The summed E-state index contributed by atoms with van der Waals surface area (Å²) in [7, 11) is 1.65. The van der Waals surface area contributed by atoms with E-state index < -0.39 is 5.82 Å². The number of guanidine groups is 1. The van der Waals surface area contributed by atoms with E-state index in [0.717, 1.165) is 11.5 Å². The molecule has 1 aromatic carbocycles. The fourth-order valence-electron chi connectivity index (χ4n) is 2.19. The molecule has 0 aliphatic heterocycles. The number of carbonyl (C=O) groups excluding carboxylic acids is 1. The number of rotatable bonds is 6. The summed E-state index contributed by atoms with van der Waals surface area (Å²) in [5.74, 6) is 1.23. The maximum Gasteiger partial charge on any atom is 0.251 e. The minimum atomic E-state index is -0.391. The largest absolute Gasteiger partial charge is 0.444 e. The number of aliphatic imine (C=N–C) groups is 1. The predicted molar refractivity (Wildman–Crippen MR) is 113 cm³/mol. The third kappa shape index (κ3) is 6.81. The average Bonchev–Trinajstić information content (AvgIpc) is 2.94. The van der Waals surface area contributed by atoms with Gasteiger partial charge in [0.15, 0.2) is 5.96 Å². The van der Waals surface area contributed by atoms with Gasteiger partial charge in [-0.15, -0.1) is 24.0 Å². The van der Waals surface area contributed by atoms with Crippen molar-refractivity contribution in [2.75, 3.05) is 20.1 Å². The van der Waals surface area contributed by atoms with E-state index >= 15 is 0 Å². The SMILES string of the molecule is CN=C(NCCNC(=O)c1ccc(C)c(F)c1)NCc1nc(C)c(C)o1.I. The number of hydrogen-bond acceptors (Lipinski definition) is 4. The van der Waals surface area contributed by atoms with Gasteiger partial charge in [0, 0.05) is 25.7 Å². The van der Waals surface area contributed by atoms with Gasteiger partial charge in [0.25, 0.3) is 5.91 Å². The second-order valence-electron chi connectivity index (χ2n) is 5.82. The maximum absolute atomic E-state index is 13.5. The first-order valence-electron chi connectivity index (χ1n) is 8.32. The molecule has 1 aromatic heterocycles. The molecule has 9 heteroatoms. The summed E-state index contributed by atoms with van der Waals surface area (Å²) in [6.07, 6.45) is 0. The fraction of sp³-hybridized carbons (Fsp3) is 0.389. The number of aryl methyl sites for hydroxylation is 3. The first kappa shape index (κ1) is 22.9. The molecule has 0 aliphatic rings. The van der Waals surface area contributed by atoms with Crippen LogP contribution in [0.1, 0.15) is 33.3 Å². The Bertz CT molecular complexity index is 788. The van der Waals surface area contributed by atoms with Crippen LogP contribution in [-0.4, -0.2) is 37.0 Å². The molecule has 0 unspecified atom stereocenters. The van der Waals surface area contributed by atoms with Crippen LogP contribution in [0.15, 0.2) is 27.6 Å². The zero-order chi connectivity index (χ0) is 19.1. The van der Waals surface area contributed by atoms with E-state index in [4.69, 9.17) is 4.42 Å². The number of carbonyl (C=O) groups is 1. The van der Waals surface area contributed by atoms with E-state index in [2.05, 4.69) is 25.9 Å². The summed E-state index contributed by atoms with van der Waals surface area (Å²) >= 11 is 0. The highest BCUT2D eigenvalue weighted by molar-refractivity contribution is 14.0. The van der Waals surface area contributed by atoms with Crippen LogP contribution in [0, 0.1) is 26.6 Å². The number of benzene rings is 1. The third-order valence-electron chi connectivity index (χ3n) is 3.84. The Morgan fingerprint density at radius 2 is 1.89 bits per heavy atom. The minimum absolute atomic E-state index is 0. The quantitative estimate of drug-likeness (QED) is 0.251. The molecule has 1 heterocycles. The van der Waals surface area contributed by atoms with Gasteiger partial charge in [0.2, 0.25) is 5.89 Å². The second-order valence-corrected chi connectivity index (χ2v) is 5.82. The molecule has 0 atom stereocenters. The Kier molecular flexibility index (Phi) is 9.19. The second kappa shape index (κ2) is 10.9. The van der Waals surface area contributed by atoms with Gasteiger partial charge in [-0.05, 0) is 38.5 Å². The summed E-state index contributed by atoms with van der Waals surface area (Å²) in [5, 5.41) is 8.88. The standard InChI is InChI=1S/C18H24FN5O2.HI/c1-11-5-6-14(9-15(11)19)17(25)21-7-8-22-18(20-4)23-10-16-24-12(2)13(3)26-16;/h5-6,9H,7-8,10H2,1-4H3,(H,21,25)(H2,20,22,23);1H. The molecule has 148 valence electrons. The molecule has 7 nitrogen and oxygen atoms in total. The van der Waals surface area contributed by atoms with Crippen molar-refractivity contribution in [3.8, 4) is 0 Å². The predicted octanol–water partition coefficient (Wildman–Crippen LogP) is 2.45. The number of hydrogen-bond donors (Lipinski definition) is 3. The van der Waals surface area contributed by atoms with Gasteiger partial charge in [-0.2, -0.15) is 0 Å². The minimum Gasteiger partial charge on any atom is -0.444 e. The summed E-state index contributed by atoms with van der Waals surface area (Å²) < 4.78 is 19.0. The lowest BCUT2D eigenvalue weighted by Crippen LogP contribution is -2.41. The van der Waals surface area contributed by atoms with E-state index in [1.54, 1.807) is 26.1 Å². The van der Waals surface area contributed by atoms with Crippen molar-refractivity contribution in [2.45, 2.75) is 27.3 Å². The van der Waals surface area contributed by atoms with Gasteiger partial charge in [0.1, 0.15) is 11.6 Å². The topological polar surface area (TPSA) is 91.5 Å². The van der Waals surface area contributed by atoms with Crippen LogP contribution in [0.5, 0.6) is 0 Å². The van der Waals surface area contributed by atoms with Gasteiger partial charge in [-0.3, -0.25) is 9.79 Å². The van der Waals surface area contributed by atoms with Crippen LogP contribution >= 0.6 is 24.0 Å². The molecular weight excluding hydrogens is 464 g/mol. The normalized spacial score (nSPS) is 10.9. The van der Waals surface area contributed by atoms with Gasteiger partial charge in [-0.25, -0.2) is 9.37 Å². The number of aromatic nitrogens is 1. The lowest BCUT2D eigenvalue weighted by atomic mass is 10.1. The van der Waals surface area contributed by atoms with Crippen molar-refractivity contribution >= 4 is 35.8 Å². The Balaban J connectivity index is 0.00000364. The monoisotopic (exact) mass is 489 g/mol. The number of amides is 1. The van der Waals surface area contributed by atoms with Gasteiger partial charge < -0.3 is 20.4 Å². The van der Waals surface area contributed by atoms with Crippen LogP contribution in [0.3, 0.4) is 0 Å². The molecule has 3 N–H and O–H groups in total. The highest BCUT2D eigenvalue weighted by atomic mass is 127. The lowest BCUT2D eigenvalue weighted by molar-refractivity contribution is 0.0954. The molecule has 2 rings (SSSR count). The molecule has 0 saturated carbocycles. The Hall–Kier alpha value is -2.17. The van der Waals surface area contributed by atoms with Crippen molar-refractivity contribution in [1.29, 1.82) is 0 Å². The summed E-state index contributed by atoms with van der Waals surface area (Å²) in [4.78, 5) is 20.4. The number of oxazole rings is 1. The van der Waals surface area contributed by atoms with Crippen molar-refractivity contribution in [1.82, 2.24) is 20.9 Å². The molecule has 0 saturated heterocycles. The molecule has 1 amide bonds. The van der Waals surface area contributed by atoms with Crippen LogP contribution in [0.25, 0.3) is 0 Å². The molecule has 2 aromatic rings. The summed E-state index contributed by atoms with van der Waals surface area (Å²) in [6, 6.07) is 4.42. The van der Waals surface area contributed by atoms with Gasteiger partial charge >= 0.3 is 0 Å². The highest BCUT2D eigenvalue weighted by Gasteiger charge is 2.08. The van der Waals surface area contributed by atoms with Crippen LogP contribution in [0.4, 0.5) is 4.39 Å². The van der Waals surface area contributed by atoms with Gasteiger partial charge in [0.05, 0.1) is 12.2 Å². The molecule has 0 aliphatic carbocycles. The van der Waals surface area contributed by atoms with E-state index in [9.17, 15) is 9.18 Å². The van der Waals surface area contributed by atoms with Crippen molar-refractivity contribution in [2.24, 2.45) is 4.99 Å². The molecule has 27 heavy (non-hydrogen) atoms. The summed E-state index contributed by atoms with van der Waals surface area (Å²) in [6.45, 7) is 6.64. The first-order chi connectivity index (χ1) is 12.4. The Morgan fingerprint density at radius 3 is 2.48 bits per heavy atom. The van der Waals surface area contributed by atoms with Crippen molar-refractivity contribution in [3.63, 3.8) is 0 Å². The number of nitrogens with zero attached hydrogens (tertiary/aromatic N) is 2. The smallest absolute Gasteiger partial charge is 0.251 e. The van der Waals surface area contributed by atoms with Crippen LogP contribution in [-0.2, 0) is 6.54 Å². The van der Waals surface area contributed by atoms with E-state index in [0.29, 0.717) is 42.6 Å².